The van der Waals surface area contributed by atoms with Gasteiger partial charge in [0.2, 0.25) is 0 Å². The lowest BCUT2D eigenvalue weighted by Crippen LogP contribution is -1.99. The first kappa shape index (κ1) is 16.4. The van der Waals surface area contributed by atoms with E-state index in [1.807, 2.05) is 6.92 Å². The Hall–Kier alpha value is -3.49. The number of aromatic nitrogens is 4. The Kier molecular flexibility index (Phi) is 4.55. The van der Waals surface area contributed by atoms with Gasteiger partial charge < -0.3 is 10.2 Å². The van der Waals surface area contributed by atoms with Gasteiger partial charge in [-0.1, -0.05) is 13.0 Å². The molecule has 0 aliphatic rings. The standard InChI is InChI=1S/C16H16N6O3/c1-2-4-11(22(23)24)5-3-6-12-13(14-7-18-10-25-14)8-21-15(12)16(17)19-9-20-21/h3-5,7-10H,2,6H2,1H3,(H2,17,19,20)/b5-3-,11-4+. The van der Waals surface area contributed by atoms with Crippen molar-refractivity contribution < 1.29 is 9.34 Å². The maximum absolute atomic E-state index is 11.0. The van der Waals surface area contributed by atoms with Crippen LogP contribution in [-0.4, -0.2) is 24.5 Å². The predicted molar refractivity (Wildman–Crippen MR) is 91.1 cm³/mol. The molecule has 25 heavy (non-hydrogen) atoms. The van der Waals surface area contributed by atoms with Crippen molar-refractivity contribution in [2.45, 2.75) is 19.8 Å². The average Bonchev–Trinajstić information content (AvgIpc) is 3.22. The van der Waals surface area contributed by atoms with Gasteiger partial charge in [0.25, 0.3) is 5.70 Å². The molecule has 0 atom stereocenters. The molecular weight excluding hydrogens is 324 g/mol. The highest BCUT2D eigenvalue weighted by molar-refractivity contribution is 5.80. The summed E-state index contributed by atoms with van der Waals surface area (Å²) in [7, 11) is 0. The fraction of sp³-hybridized carbons (Fsp3) is 0.188. The minimum Gasteiger partial charge on any atom is -0.443 e. The Balaban J connectivity index is 2.04. The van der Waals surface area contributed by atoms with Crippen LogP contribution in [0.15, 0.2) is 53.5 Å². The Morgan fingerprint density at radius 3 is 3.04 bits per heavy atom. The summed E-state index contributed by atoms with van der Waals surface area (Å²) >= 11 is 0. The Morgan fingerprint density at radius 1 is 1.52 bits per heavy atom. The van der Waals surface area contributed by atoms with Crippen LogP contribution in [0.5, 0.6) is 0 Å². The number of rotatable bonds is 6. The van der Waals surface area contributed by atoms with Crippen LogP contribution in [0.3, 0.4) is 0 Å². The topological polar surface area (TPSA) is 125 Å². The van der Waals surface area contributed by atoms with E-state index in [4.69, 9.17) is 10.2 Å². The van der Waals surface area contributed by atoms with Crippen molar-refractivity contribution in [3.05, 3.63) is 64.7 Å². The molecule has 3 heterocycles. The molecule has 9 heteroatoms. The third-order valence-corrected chi connectivity index (χ3v) is 3.64. The molecule has 0 bridgehead atoms. The number of nitrogens with two attached hydrogens (primary N) is 1. The maximum atomic E-state index is 11.0. The third-order valence-electron chi connectivity index (χ3n) is 3.64. The molecule has 9 nitrogen and oxygen atoms in total. The summed E-state index contributed by atoms with van der Waals surface area (Å²) in [6.45, 7) is 1.85. The number of allylic oxidation sites excluding steroid dienone is 3. The lowest BCUT2D eigenvalue weighted by atomic mass is 10.1. The normalized spacial score (nSPS) is 12.3. The molecule has 0 aliphatic carbocycles. The maximum Gasteiger partial charge on any atom is 0.265 e. The number of hydrogen-bond donors (Lipinski definition) is 1. The van der Waals surface area contributed by atoms with E-state index in [1.165, 1.54) is 18.8 Å². The Labute approximate surface area is 142 Å². The Bertz CT molecular complexity index is 956. The monoisotopic (exact) mass is 340 g/mol. The van der Waals surface area contributed by atoms with Crippen LogP contribution in [0, 0.1) is 10.1 Å². The summed E-state index contributed by atoms with van der Waals surface area (Å²) in [5, 5.41) is 15.2. The molecule has 0 unspecified atom stereocenters. The van der Waals surface area contributed by atoms with Crippen molar-refractivity contribution in [2.24, 2.45) is 0 Å². The van der Waals surface area contributed by atoms with Crippen LogP contribution < -0.4 is 5.73 Å². The van der Waals surface area contributed by atoms with E-state index in [-0.39, 0.29) is 5.70 Å². The van der Waals surface area contributed by atoms with Gasteiger partial charge in [0.05, 0.1) is 11.1 Å². The number of hydrogen-bond acceptors (Lipinski definition) is 7. The van der Waals surface area contributed by atoms with Gasteiger partial charge in [-0.2, -0.15) is 5.10 Å². The summed E-state index contributed by atoms with van der Waals surface area (Å²) in [6, 6.07) is 0. The predicted octanol–water partition coefficient (Wildman–Crippen LogP) is 2.64. The summed E-state index contributed by atoms with van der Waals surface area (Å²) < 4.78 is 6.99. The first-order valence-corrected chi connectivity index (χ1v) is 7.62. The van der Waals surface area contributed by atoms with E-state index in [1.54, 1.807) is 29.1 Å². The van der Waals surface area contributed by atoms with Gasteiger partial charge >= 0.3 is 0 Å². The number of nitro groups is 1. The van der Waals surface area contributed by atoms with E-state index in [0.29, 0.717) is 29.9 Å². The SMILES string of the molecule is CC/C=C(\C=C/Cc1c(-c2cnco2)cn2ncnc(N)c12)[N+](=O)[O-]. The second-order valence-corrected chi connectivity index (χ2v) is 5.23. The van der Waals surface area contributed by atoms with Gasteiger partial charge in [0, 0.05) is 17.8 Å². The van der Waals surface area contributed by atoms with Crippen molar-refractivity contribution in [2.75, 3.05) is 5.73 Å². The summed E-state index contributed by atoms with van der Waals surface area (Å²) in [5.41, 5.74) is 8.25. The van der Waals surface area contributed by atoms with Gasteiger partial charge in [-0.05, 0) is 24.5 Å². The molecule has 0 fully saturated rings. The molecule has 0 amide bonds. The van der Waals surface area contributed by atoms with E-state index in [2.05, 4.69) is 15.1 Å². The van der Waals surface area contributed by atoms with Crippen molar-refractivity contribution in [3.8, 4) is 11.3 Å². The molecule has 0 aromatic carbocycles. The molecule has 3 aromatic rings. The second-order valence-electron chi connectivity index (χ2n) is 5.23. The lowest BCUT2D eigenvalue weighted by molar-refractivity contribution is -0.419. The lowest BCUT2D eigenvalue weighted by Gasteiger charge is -2.01. The molecule has 2 N–H and O–H groups in total. The molecule has 0 radical (unpaired) electrons. The van der Waals surface area contributed by atoms with Crippen LogP contribution in [0.25, 0.3) is 16.8 Å². The van der Waals surface area contributed by atoms with Gasteiger partial charge in [0.1, 0.15) is 11.8 Å². The molecule has 0 saturated carbocycles. The van der Waals surface area contributed by atoms with Crippen LogP contribution in [-0.2, 0) is 6.42 Å². The van der Waals surface area contributed by atoms with Crippen molar-refractivity contribution in [1.29, 1.82) is 0 Å². The van der Waals surface area contributed by atoms with Gasteiger partial charge in [-0.25, -0.2) is 14.5 Å². The minimum absolute atomic E-state index is 0.0523. The number of nitrogen functional groups attached to an aromatic ring is 1. The second kappa shape index (κ2) is 6.95. The number of oxazole rings is 1. The Morgan fingerprint density at radius 2 is 2.36 bits per heavy atom. The van der Waals surface area contributed by atoms with E-state index in [9.17, 15) is 10.1 Å². The number of nitrogens with zero attached hydrogens (tertiary/aromatic N) is 5. The average molecular weight is 340 g/mol. The molecule has 0 spiro atoms. The third kappa shape index (κ3) is 3.25. The zero-order chi connectivity index (χ0) is 17.8. The first-order chi connectivity index (χ1) is 12.1. The summed E-state index contributed by atoms with van der Waals surface area (Å²) in [4.78, 5) is 18.6. The molecule has 3 aromatic heterocycles. The molecular formula is C16H16N6O3. The van der Waals surface area contributed by atoms with Crippen molar-refractivity contribution in [1.82, 2.24) is 19.6 Å². The highest BCUT2D eigenvalue weighted by Crippen LogP contribution is 2.30. The molecule has 0 aliphatic heterocycles. The zero-order valence-electron chi connectivity index (χ0n) is 13.5. The number of fused-ring (bicyclic) bond motifs is 1. The molecule has 3 rings (SSSR count). The quantitative estimate of drug-likeness (QED) is 0.415. The van der Waals surface area contributed by atoms with Crippen molar-refractivity contribution >= 4 is 11.3 Å². The van der Waals surface area contributed by atoms with Crippen molar-refractivity contribution in [3.63, 3.8) is 0 Å². The largest absolute Gasteiger partial charge is 0.443 e. The van der Waals surface area contributed by atoms with Gasteiger partial charge in [0.15, 0.2) is 18.0 Å². The van der Waals surface area contributed by atoms with E-state index < -0.39 is 4.92 Å². The fourth-order valence-corrected chi connectivity index (χ4v) is 2.58. The zero-order valence-corrected chi connectivity index (χ0v) is 13.5. The van der Waals surface area contributed by atoms with Crippen LogP contribution in [0.4, 0.5) is 5.82 Å². The van der Waals surface area contributed by atoms with E-state index in [0.717, 1.165) is 11.1 Å². The van der Waals surface area contributed by atoms with Crippen LogP contribution in [0.1, 0.15) is 18.9 Å². The van der Waals surface area contributed by atoms with Crippen LogP contribution >= 0.6 is 0 Å². The molecule has 0 saturated heterocycles. The highest BCUT2D eigenvalue weighted by Gasteiger charge is 2.17. The number of anilines is 1. The van der Waals surface area contributed by atoms with Gasteiger partial charge in [-0.3, -0.25) is 10.1 Å². The minimum atomic E-state index is -0.410. The van der Waals surface area contributed by atoms with Crippen LogP contribution in [0.2, 0.25) is 0 Å². The fourth-order valence-electron chi connectivity index (χ4n) is 2.58. The summed E-state index contributed by atoms with van der Waals surface area (Å²) in [6.07, 6.45) is 11.8. The smallest absolute Gasteiger partial charge is 0.265 e. The van der Waals surface area contributed by atoms with E-state index >= 15 is 0 Å². The summed E-state index contributed by atoms with van der Waals surface area (Å²) in [5.74, 6) is 0.884. The molecule has 128 valence electrons. The van der Waals surface area contributed by atoms with Gasteiger partial charge in [-0.15, -0.1) is 0 Å². The highest BCUT2D eigenvalue weighted by atomic mass is 16.6. The first-order valence-electron chi connectivity index (χ1n) is 7.62.